The van der Waals surface area contributed by atoms with Gasteiger partial charge in [0.2, 0.25) is 0 Å². The van der Waals surface area contributed by atoms with Crippen molar-refractivity contribution in [3.63, 3.8) is 0 Å². The Morgan fingerprint density at radius 3 is 2.85 bits per heavy atom. The molecule has 1 nitrogen and oxygen atoms in total. The summed E-state index contributed by atoms with van der Waals surface area (Å²) in [6.45, 7) is 2.07. The van der Waals surface area contributed by atoms with Crippen molar-refractivity contribution in [2.75, 3.05) is 0 Å². The molecule has 0 saturated heterocycles. The quantitative estimate of drug-likeness (QED) is 0.639. The van der Waals surface area contributed by atoms with E-state index in [0.717, 1.165) is 19.3 Å². The molecule has 0 radical (unpaired) electrons. The molecule has 0 heterocycles. The van der Waals surface area contributed by atoms with E-state index in [9.17, 15) is 4.79 Å². The van der Waals surface area contributed by atoms with Crippen LogP contribution >= 0.6 is 0 Å². The summed E-state index contributed by atoms with van der Waals surface area (Å²) in [5.74, 6) is 0.616. The van der Waals surface area contributed by atoms with Crippen LogP contribution in [-0.4, -0.2) is 5.78 Å². The molecule has 0 N–H and O–H groups in total. The monoisotopic (exact) mass is 174 g/mol. The van der Waals surface area contributed by atoms with Crippen LogP contribution in [0.2, 0.25) is 0 Å². The highest BCUT2D eigenvalue weighted by molar-refractivity contribution is 5.87. The fourth-order valence-electron chi connectivity index (χ4n) is 2.06. The van der Waals surface area contributed by atoms with Crippen LogP contribution in [0.3, 0.4) is 0 Å². The maximum absolute atomic E-state index is 11.5. The smallest absolute Gasteiger partial charge is 0.140 e. The lowest BCUT2D eigenvalue weighted by Crippen LogP contribution is -2.03. The van der Waals surface area contributed by atoms with Crippen molar-refractivity contribution in [1.29, 1.82) is 0 Å². The fraction of sp³-hybridized carbons (Fsp3) is 0.417. The average molecular weight is 174 g/mol. The van der Waals surface area contributed by atoms with Crippen molar-refractivity contribution < 1.29 is 4.79 Å². The molecule has 1 heteroatoms. The molecule has 1 saturated carbocycles. The molecule has 0 spiro atoms. The van der Waals surface area contributed by atoms with Crippen LogP contribution in [0.15, 0.2) is 24.3 Å². The van der Waals surface area contributed by atoms with Gasteiger partial charge in [0.15, 0.2) is 0 Å². The summed E-state index contributed by atoms with van der Waals surface area (Å²) in [5, 5.41) is 0. The van der Waals surface area contributed by atoms with E-state index in [2.05, 4.69) is 25.1 Å². The van der Waals surface area contributed by atoms with Gasteiger partial charge >= 0.3 is 0 Å². The van der Waals surface area contributed by atoms with Crippen LogP contribution < -0.4 is 0 Å². The van der Waals surface area contributed by atoms with Crippen molar-refractivity contribution >= 4 is 5.78 Å². The van der Waals surface area contributed by atoms with E-state index in [1.165, 1.54) is 11.1 Å². The van der Waals surface area contributed by atoms with Gasteiger partial charge in [0.25, 0.3) is 0 Å². The molecule has 1 aromatic rings. The molecule has 0 aromatic heterocycles. The van der Waals surface area contributed by atoms with Crippen molar-refractivity contribution in [1.82, 2.24) is 0 Å². The van der Waals surface area contributed by atoms with Crippen LogP contribution in [0.5, 0.6) is 0 Å². The van der Waals surface area contributed by atoms with E-state index in [-0.39, 0.29) is 5.92 Å². The zero-order chi connectivity index (χ0) is 9.26. The number of carbonyl (C=O) groups is 1. The predicted molar refractivity (Wildman–Crippen MR) is 52.8 cm³/mol. The number of hydrogen-bond acceptors (Lipinski definition) is 1. The minimum atomic E-state index is 0.194. The molecule has 1 aliphatic rings. The summed E-state index contributed by atoms with van der Waals surface area (Å²) in [6, 6.07) is 8.31. The topological polar surface area (TPSA) is 17.1 Å². The Hall–Kier alpha value is -1.11. The van der Waals surface area contributed by atoms with Crippen LogP contribution in [0.25, 0.3) is 0 Å². The van der Waals surface area contributed by atoms with E-state index in [1.807, 2.05) is 6.07 Å². The van der Waals surface area contributed by atoms with Crippen LogP contribution in [0.4, 0.5) is 0 Å². The van der Waals surface area contributed by atoms with Gasteiger partial charge in [0.1, 0.15) is 5.78 Å². The molecular formula is C12H14O. The lowest BCUT2D eigenvalue weighted by atomic mass is 9.96. The Labute approximate surface area is 78.8 Å². The largest absolute Gasteiger partial charge is 0.299 e. The minimum Gasteiger partial charge on any atom is -0.299 e. The molecule has 68 valence electrons. The summed E-state index contributed by atoms with van der Waals surface area (Å²) < 4.78 is 0. The van der Waals surface area contributed by atoms with E-state index in [1.54, 1.807) is 0 Å². The van der Waals surface area contributed by atoms with Crippen LogP contribution in [-0.2, 0) is 4.79 Å². The number of Topliss-reactive ketones (excluding diaryl/α,β-unsaturated/α-hetero) is 1. The number of hydrogen-bond donors (Lipinski definition) is 0. The van der Waals surface area contributed by atoms with Gasteiger partial charge in [-0.05, 0) is 25.3 Å². The lowest BCUT2D eigenvalue weighted by Gasteiger charge is -2.08. The minimum absolute atomic E-state index is 0.194. The molecule has 2 rings (SSSR count). The first kappa shape index (κ1) is 8.49. The zero-order valence-corrected chi connectivity index (χ0v) is 7.92. The maximum Gasteiger partial charge on any atom is 0.140 e. The van der Waals surface area contributed by atoms with Gasteiger partial charge < -0.3 is 0 Å². The zero-order valence-electron chi connectivity index (χ0n) is 7.92. The Morgan fingerprint density at radius 2 is 2.23 bits per heavy atom. The fourth-order valence-corrected chi connectivity index (χ4v) is 2.06. The van der Waals surface area contributed by atoms with Gasteiger partial charge in [-0.3, -0.25) is 4.79 Å². The predicted octanol–water partition coefficient (Wildman–Crippen LogP) is 2.83. The molecule has 0 bridgehead atoms. The van der Waals surface area contributed by atoms with Crippen molar-refractivity contribution in [3.8, 4) is 0 Å². The van der Waals surface area contributed by atoms with E-state index in [0.29, 0.717) is 5.78 Å². The second kappa shape index (κ2) is 3.33. The van der Waals surface area contributed by atoms with Gasteiger partial charge in [0, 0.05) is 12.3 Å². The summed E-state index contributed by atoms with van der Waals surface area (Å²) in [5.41, 5.74) is 2.46. The molecule has 0 unspecified atom stereocenters. The van der Waals surface area contributed by atoms with Crippen molar-refractivity contribution in [3.05, 3.63) is 35.4 Å². The third-order valence-corrected chi connectivity index (χ3v) is 2.75. The molecule has 1 fully saturated rings. The summed E-state index contributed by atoms with van der Waals surface area (Å²) >= 11 is 0. The van der Waals surface area contributed by atoms with E-state index >= 15 is 0 Å². The first-order valence-electron chi connectivity index (χ1n) is 4.86. The number of ketones is 1. The van der Waals surface area contributed by atoms with Crippen molar-refractivity contribution in [2.24, 2.45) is 0 Å². The van der Waals surface area contributed by atoms with E-state index < -0.39 is 0 Å². The summed E-state index contributed by atoms with van der Waals surface area (Å²) in [6.07, 6.45) is 2.89. The average Bonchev–Trinajstić information content (AvgIpc) is 2.51. The summed E-state index contributed by atoms with van der Waals surface area (Å²) in [4.78, 5) is 11.5. The highest BCUT2D eigenvalue weighted by Gasteiger charge is 2.25. The highest BCUT2D eigenvalue weighted by Crippen LogP contribution is 2.31. The van der Waals surface area contributed by atoms with Crippen LogP contribution in [0, 0.1) is 6.92 Å². The van der Waals surface area contributed by atoms with Gasteiger partial charge in [-0.2, -0.15) is 0 Å². The lowest BCUT2D eigenvalue weighted by molar-refractivity contribution is -0.118. The molecule has 1 atom stereocenters. The van der Waals surface area contributed by atoms with Crippen molar-refractivity contribution in [2.45, 2.75) is 32.1 Å². The number of aryl methyl sites for hydroxylation is 1. The third kappa shape index (κ3) is 1.64. The maximum atomic E-state index is 11.5. The Morgan fingerprint density at radius 1 is 1.38 bits per heavy atom. The first-order chi connectivity index (χ1) is 6.27. The second-order valence-corrected chi connectivity index (χ2v) is 3.83. The molecule has 1 aromatic carbocycles. The molecule has 1 aliphatic carbocycles. The molecule has 0 amide bonds. The normalized spacial score (nSPS) is 22.2. The number of carbonyl (C=O) groups excluding carboxylic acids is 1. The number of rotatable bonds is 1. The van der Waals surface area contributed by atoms with E-state index in [4.69, 9.17) is 0 Å². The molecule has 0 aliphatic heterocycles. The Kier molecular flexibility index (Phi) is 2.17. The molecule has 13 heavy (non-hydrogen) atoms. The standard InChI is InChI=1S/C12H14O/c1-9-4-2-5-10(8-9)11-6-3-7-12(11)13/h2,4-5,8,11H,3,6-7H2,1H3/t11-/m0/s1. The van der Waals surface area contributed by atoms with Gasteiger partial charge in [-0.15, -0.1) is 0 Å². The Bertz CT molecular complexity index is 328. The molecular weight excluding hydrogens is 160 g/mol. The Balaban J connectivity index is 2.29. The third-order valence-electron chi connectivity index (χ3n) is 2.75. The highest BCUT2D eigenvalue weighted by atomic mass is 16.1. The summed E-state index contributed by atoms with van der Waals surface area (Å²) in [7, 11) is 0. The van der Waals surface area contributed by atoms with Crippen LogP contribution in [0.1, 0.15) is 36.3 Å². The second-order valence-electron chi connectivity index (χ2n) is 3.83. The van der Waals surface area contributed by atoms with Gasteiger partial charge in [-0.25, -0.2) is 0 Å². The first-order valence-corrected chi connectivity index (χ1v) is 4.86. The van der Waals surface area contributed by atoms with Gasteiger partial charge in [0.05, 0.1) is 0 Å². The number of benzene rings is 1. The SMILES string of the molecule is Cc1cccc([C@@H]2CCCC2=O)c1. The van der Waals surface area contributed by atoms with Gasteiger partial charge in [-0.1, -0.05) is 29.8 Å².